The number of rotatable bonds is 9. The molecule has 0 radical (unpaired) electrons. The number of aliphatic imine (C=N–C) groups is 1. The fourth-order valence-electron chi connectivity index (χ4n) is 4.33. The maximum absolute atomic E-state index is 6.11. The zero-order valence-electron chi connectivity index (χ0n) is 21.0. The van der Waals surface area contributed by atoms with Crippen molar-refractivity contribution < 1.29 is 9.47 Å². The fourth-order valence-corrected chi connectivity index (χ4v) is 5.99. The van der Waals surface area contributed by atoms with E-state index in [-0.39, 0.29) is 11.9 Å². The molecule has 0 heterocycles. The highest BCUT2D eigenvalue weighted by Crippen LogP contribution is 2.49. The Morgan fingerprint density at radius 2 is 1.70 bits per heavy atom. The standard InChI is InChI=1S/C29H36NO2P/c1-8-29(5,25-18-20(2)17-22(4)27(25)32-19-31-7)33-28-21(3)13-12-16-24(28)26(30-6)23-14-10-9-11-15-23/h9-18,33H,8,19H2,1-7H3/b30-26+. The summed E-state index contributed by atoms with van der Waals surface area (Å²) in [6.07, 6.45) is 0.995. The molecule has 0 bridgehead atoms. The molecule has 0 saturated heterocycles. The van der Waals surface area contributed by atoms with E-state index in [1.807, 2.05) is 13.1 Å². The largest absolute Gasteiger partial charge is 0.467 e. The van der Waals surface area contributed by atoms with Gasteiger partial charge in [-0.25, -0.2) is 0 Å². The third-order valence-corrected chi connectivity index (χ3v) is 8.33. The van der Waals surface area contributed by atoms with Gasteiger partial charge in [-0.2, -0.15) is 0 Å². The zero-order chi connectivity index (χ0) is 24.0. The molecule has 0 saturated carbocycles. The van der Waals surface area contributed by atoms with Crippen LogP contribution in [-0.2, 0) is 9.89 Å². The van der Waals surface area contributed by atoms with Crippen molar-refractivity contribution in [1.82, 2.24) is 0 Å². The zero-order valence-corrected chi connectivity index (χ0v) is 22.0. The van der Waals surface area contributed by atoms with Crippen LogP contribution in [0.4, 0.5) is 0 Å². The number of hydrogen-bond acceptors (Lipinski definition) is 3. The van der Waals surface area contributed by atoms with Gasteiger partial charge in [0, 0.05) is 36.0 Å². The van der Waals surface area contributed by atoms with Crippen LogP contribution in [0.25, 0.3) is 0 Å². The molecule has 0 aromatic heterocycles. The minimum Gasteiger partial charge on any atom is -0.467 e. The van der Waals surface area contributed by atoms with Crippen LogP contribution in [0.1, 0.15) is 53.6 Å². The number of ether oxygens (including phenoxy) is 2. The molecule has 33 heavy (non-hydrogen) atoms. The Labute approximate surface area is 201 Å². The van der Waals surface area contributed by atoms with Gasteiger partial charge in [-0.15, -0.1) is 0 Å². The predicted octanol–water partition coefficient (Wildman–Crippen LogP) is 6.69. The van der Waals surface area contributed by atoms with E-state index in [9.17, 15) is 0 Å². The highest BCUT2D eigenvalue weighted by molar-refractivity contribution is 7.49. The number of nitrogens with zero attached hydrogens (tertiary/aromatic N) is 1. The highest BCUT2D eigenvalue weighted by Gasteiger charge is 2.31. The smallest absolute Gasteiger partial charge is 0.188 e. The topological polar surface area (TPSA) is 30.8 Å². The number of aryl methyl sites for hydroxylation is 3. The van der Waals surface area contributed by atoms with Gasteiger partial charge in [0.05, 0.1) is 5.71 Å². The summed E-state index contributed by atoms with van der Waals surface area (Å²) >= 11 is 0. The molecule has 0 aliphatic heterocycles. The fraction of sp³-hybridized carbons (Fsp3) is 0.345. The molecule has 3 aromatic carbocycles. The van der Waals surface area contributed by atoms with Crippen molar-refractivity contribution >= 4 is 19.6 Å². The molecule has 0 amide bonds. The van der Waals surface area contributed by atoms with E-state index in [1.54, 1.807) is 7.11 Å². The normalized spacial score (nSPS) is 14.0. The maximum Gasteiger partial charge on any atom is 0.188 e. The molecule has 3 nitrogen and oxygen atoms in total. The quantitative estimate of drug-likeness (QED) is 0.202. The number of methoxy groups -OCH3 is 1. The van der Waals surface area contributed by atoms with Gasteiger partial charge in [0.1, 0.15) is 5.75 Å². The maximum atomic E-state index is 6.11. The van der Waals surface area contributed by atoms with Crippen molar-refractivity contribution in [3.8, 4) is 5.75 Å². The Balaban J connectivity index is 2.15. The van der Waals surface area contributed by atoms with Gasteiger partial charge in [-0.05, 0) is 43.6 Å². The minimum atomic E-state index is -0.0870. The lowest BCUT2D eigenvalue weighted by atomic mass is 9.92. The third-order valence-electron chi connectivity index (χ3n) is 6.24. The van der Waals surface area contributed by atoms with E-state index in [2.05, 4.69) is 89.2 Å². The summed E-state index contributed by atoms with van der Waals surface area (Å²) in [5, 5.41) is 1.28. The van der Waals surface area contributed by atoms with Crippen molar-refractivity contribution in [2.75, 3.05) is 21.0 Å². The Morgan fingerprint density at radius 1 is 0.970 bits per heavy atom. The van der Waals surface area contributed by atoms with E-state index in [0.717, 1.165) is 29.0 Å². The average molecular weight is 462 g/mol. The van der Waals surface area contributed by atoms with Crippen molar-refractivity contribution in [1.29, 1.82) is 0 Å². The lowest BCUT2D eigenvalue weighted by molar-refractivity contribution is 0.0495. The first-order valence-corrected chi connectivity index (χ1v) is 12.5. The van der Waals surface area contributed by atoms with Crippen LogP contribution in [0.15, 0.2) is 65.7 Å². The Bertz CT molecular complexity index is 1120. The Morgan fingerprint density at radius 3 is 2.33 bits per heavy atom. The van der Waals surface area contributed by atoms with Crippen molar-refractivity contribution in [3.63, 3.8) is 0 Å². The number of hydrogen-bond donors (Lipinski definition) is 0. The molecule has 0 aliphatic carbocycles. The van der Waals surface area contributed by atoms with Gasteiger partial charge in [0.15, 0.2) is 6.79 Å². The van der Waals surface area contributed by atoms with Crippen molar-refractivity contribution in [3.05, 3.63) is 94.0 Å². The summed E-state index contributed by atoms with van der Waals surface area (Å²) in [6.45, 7) is 11.4. The van der Waals surface area contributed by atoms with E-state index < -0.39 is 0 Å². The van der Waals surface area contributed by atoms with Crippen LogP contribution < -0.4 is 10.0 Å². The first-order valence-electron chi connectivity index (χ1n) is 11.5. The van der Waals surface area contributed by atoms with E-state index >= 15 is 0 Å². The summed E-state index contributed by atoms with van der Waals surface area (Å²) in [4.78, 5) is 4.73. The molecule has 2 unspecified atom stereocenters. The average Bonchev–Trinajstić information content (AvgIpc) is 2.81. The summed E-state index contributed by atoms with van der Waals surface area (Å²) < 4.78 is 11.4. The lowest BCUT2D eigenvalue weighted by Crippen LogP contribution is -2.25. The summed E-state index contributed by atoms with van der Waals surface area (Å²) in [5.74, 6) is 0.946. The van der Waals surface area contributed by atoms with Crippen LogP contribution in [0.3, 0.4) is 0 Å². The van der Waals surface area contributed by atoms with Crippen LogP contribution in [0.5, 0.6) is 5.75 Å². The van der Waals surface area contributed by atoms with Crippen molar-refractivity contribution in [2.45, 2.75) is 46.2 Å². The molecule has 2 atom stereocenters. The molecule has 0 N–H and O–H groups in total. The monoisotopic (exact) mass is 461 g/mol. The van der Waals surface area contributed by atoms with Crippen LogP contribution in [0.2, 0.25) is 0 Å². The predicted molar refractivity (Wildman–Crippen MR) is 143 cm³/mol. The van der Waals surface area contributed by atoms with E-state index in [0.29, 0.717) is 8.58 Å². The van der Waals surface area contributed by atoms with E-state index in [4.69, 9.17) is 14.5 Å². The Kier molecular flexibility index (Phi) is 8.46. The molecule has 3 rings (SSSR count). The molecular formula is C29H36NO2P. The van der Waals surface area contributed by atoms with Gasteiger partial charge in [-0.1, -0.05) is 88.7 Å². The van der Waals surface area contributed by atoms with Gasteiger partial charge in [0.2, 0.25) is 0 Å². The Hall–Kier alpha value is -2.48. The van der Waals surface area contributed by atoms with Crippen LogP contribution >= 0.6 is 8.58 Å². The van der Waals surface area contributed by atoms with Crippen molar-refractivity contribution in [2.24, 2.45) is 4.99 Å². The molecule has 4 heteroatoms. The third kappa shape index (κ3) is 5.54. The van der Waals surface area contributed by atoms with Gasteiger partial charge < -0.3 is 9.47 Å². The summed E-state index contributed by atoms with van der Waals surface area (Å²) in [6, 6.07) is 21.5. The molecule has 174 valence electrons. The van der Waals surface area contributed by atoms with Crippen LogP contribution in [-0.4, -0.2) is 26.7 Å². The highest BCUT2D eigenvalue weighted by atomic mass is 31.1. The summed E-state index contributed by atoms with van der Waals surface area (Å²) in [5.41, 5.74) is 8.35. The molecular weight excluding hydrogens is 425 g/mol. The van der Waals surface area contributed by atoms with Gasteiger partial charge in [-0.3, -0.25) is 4.99 Å². The molecule has 0 fully saturated rings. The second kappa shape index (κ2) is 11.1. The first kappa shape index (κ1) is 25.1. The molecule has 0 spiro atoms. The lowest BCUT2D eigenvalue weighted by Gasteiger charge is -2.33. The van der Waals surface area contributed by atoms with Gasteiger partial charge >= 0.3 is 0 Å². The van der Waals surface area contributed by atoms with Crippen LogP contribution in [0, 0.1) is 20.8 Å². The number of benzene rings is 3. The molecule has 0 aliphatic rings. The summed E-state index contributed by atoms with van der Waals surface area (Å²) in [7, 11) is 4.11. The van der Waals surface area contributed by atoms with Gasteiger partial charge in [0.25, 0.3) is 0 Å². The second-order valence-corrected chi connectivity index (χ2v) is 10.6. The minimum absolute atomic E-state index is 0.0870. The molecule has 3 aromatic rings. The first-order chi connectivity index (χ1) is 15.8. The van der Waals surface area contributed by atoms with E-state index in [1.165, 1.54) is 27.6 Å². The second-order valence-electron chi connectivity index (χ2n) is 8.76. The SMILES string of the molecule is CCC(C)(Pc1c(C)cccc1/C(=N/C)c1ccccc1)c1cc(C)cc(C)c1OCOC.